The van der Waals surface area contributed by atoms with Gasteiger partial charge in [-0.1, -0.05) is 73.0 Å². The van der Waals surface area contributed by atoms with Crippen LogP contribution in [0.15, 0.2) is 54.3 Å². The van der Waals surface area contributed by atoms with Gasteiger partial charge in [-0.3, -0.25) is 4.90 Å². The highest BCUT2D eigenvalue weighted by atomic mass is 16.6. The molecule has 26 heavy (non-hydrogen) atoms. The van der Waals surface area contributed by atoms with E-state index in [1.165, 1.54) is 16.7 Å². The van der Waals surface area contributed by atoms with E-state index in [9.17, 15) is 4.79 Å². The number of aryl methyl sites for hydroxylation is 2. The number of rotatable bonds is 6. The lowest BCUT2D eigenvalue weighted by Crippen LogP contribution is -2.35. The molecule has 0 bridgehead atoms. The zero-order valence-corrected chi connectivity index (χ0v) is 15.9. The highest BCUT2D eigenvalue weighted by Gasteiger charge is 2.37. The molecule has 1 saturated heterocycles. The highest BCUT2D eigenvalue weighted by Crippen LogP contribution is 2.29. The number of nitrogens with zero attached hydrogens (tertiary/aromatic N) is 1. The van der Waals surface area contributed by atoms with Crippen molar-refractivity contribution in [2.24, 2.45) is 0 Å². The Hall–Kier alpha value is -2.55. The number of unbranched alkanes of at least 4 members (excludes halogenated alkanes) is 1. The van der Waals surface area contributed by atoms with E-state index in [-0.39, 0.29) is 12.1 Å². The number of hydrogen-bond acceptors (Lipinski definition) is 2. The van der Waals surface area contributed by atoms with Gasteiger partial charge < -0.3 is 4.74 Å². The fourth-order valence-corrected chi connectivity index (χ4v) is 3.41. The molecular weight excluding hydrogens is 322 g/mol. The van der Waals surface area contributed by atoms with Gasteiger partial charge in [-0.05, 0) is 37.5 Å². The molecule has 0 aromatic heterocycles. The third-order valence-corrected chi connectivity index (χ3v) is 4.76. The maximum absolute atomic E-state index is 12.5. The van der Waals surface area contributed by atoms with Gasteiger partial charge in [-0.2, -0.15) is 0 Å². The van der Waals surface area contributed by atoms with E-state index in [0.717, 1.165) is 37.1 Å². The molecule has 0 N–H and O–H groups in total. The average molecular weight is 349 g/mol. The highest BCUT2D eigenvalue weighted by molar-refractivity contribution is 5.75. The van der Waals surface area contributed by atoms with Gasteiger partial charge in [0.05, 0.1) is 6.04 Å². The number of carbonyl (C=O) groups is 1. The molecular formula is C23H27NO2. The fraction of sp³-hybridized carbons (Fsp3) is 0.348. The van der Waals surface area contributed by atoms with Gasteiger partial charge in [0.25, 0.3) is 0 Å². The first kappa shape index (κ1) is 18.2. The molecule has 2 aromatic rings. The van der Waals surface area contributed by atoms with Crippen molar-refractivity contribution >= 4 is 12.2 Å². The van der Waals surface area contributed by atoms with Crippen molar-refractivity contribution in [1.82, 2.24) is 4.90 Å². The second-order valence-corrected chi connectivity index (χ2v) is 7.08. The first-order chi connectivity index (χ1) is 12.6. The van der Waals surface area contributed by atoms with Crippen LogP contribution < -0.4 is 0 Å². The Morgan fingerprint density at radius 2 is 1.81 bits per heavy atom. The minimum atomic E-state index is -0.227. The summed E-state index contributed by atoms with van der Waals surface area (Å²) in [5.74, 6) is 0.748. The van der Waals surface area contributed by atoms with Gasteiger partial charge in [0, 0.05) is 13.0 Å². The van der Waals surface area contributed by atoms with E-state index in [4.69, 9.17) is 4.74 Å². The summed E-state index contributed by atoms with van der Waals surface area (Å²) >= 11 is 0. The zero-order valence-electron chi connectivity index (χ0n) is 15.9. The van der Waals surface area contributed by atoms with Crippen molar-refractivity contribution < 1.29 is 9.53 Å². The Morgan fingerprint density at radius 1 is 1.08 bits per heavy atom. The number of ether oxygens (including phenoxy) is 1. The summed E-state index contributed by atoms with van der Waals surface area (Å²) in [6, 6.07) is 16.7. The third-order valence-electron chi connectivity index (χ3n) is 4.76. The predicted molar refractivity (Wildman–Crippen MR) is 106 cm³/mol. The second-order valence-electron chi connectivity index (χ2n) is 7.08. The minimum Gasteiger partial charge on any atom is -0.412 e. The summed E-state index contributed by atoms with van der Waals surface area (Å²) in [6.07, 6.45) is 4.59. The van der Waals surface area contributed by atoms with Crippen LogP contribution in [0, 0.1) is 13.8 Å². The largest absolute Gasteiger partial charge is 0.415 e. The molecule has 1 aliphatic rings. The molecule has 0 aliphatic carbocycles. The van der Waals surface area contributed by atoms with E-state index in [1.54, 1.807) is 0 Å². The molecule has 1 amide bonds. The Bertz CT molecular complexity index is 809. The number of benzene rings is 2. The van der Waals surface area contributed by atoms with Gasteiger partial charge in [-0.25, -0.2) is 4.79 Å². The third kappa shape index (κ3) is 4.34. The van der Waals surface area contributed by atoms with Crippen molar-refractivity contribution in [3.05, 3.63) is 76.5 Å². The Kier molecular flexibility index (Phi) is 5.77. The van der Waals surface area contributed by atoms with Crippen LogP contribution in [0.4, 0.5) is 4.79 Å². The molecule has 1 fully saturated rings. The van der Waals surface area contributed by atoms with Crippen molar-refractivity contribution in [2.75, 3.05) is 6.54 Å². The van der Waals surface area contributed by atoms with Gasteiger partial charge in [0.1, 0.15) is 5.76 Å². The van der Waals surface area contributed by atoms with Crippen LogP contribution in [-0.2, 0) is 11.2 Å². The van der Waals surface area contributed by atoms with E-state index in [1.807, 2.05) is 23.1 Å². The van der Waals surface area contributed by atoms with Crippen molar-refractivity contribution in [2.45, 2.75) is 46.1 Å². The topological polar surface area (TPSA) is 29.5 Å². The average Bonchev–Trinajstić information content (AvgIpc) is 2.88. The fourth-order valence-electron chi connectivity index (χ4n) is 3.41. The molecule has 2 aromatic carbocycles. The Balaban J connectivity index is 1.92. The summed E-state index contributed by atoms with van der Waals surface area (Å²) in [5, 5.41) is 0. The molecule has 3 nitrogen and oxygen atoms in total. The monoisotopic (exact) mass is 349 g/mol. The molecule has 3 heteroatoms. The Morgan fingerprint density at radius 3 is 2.50 bits per heavy atom. The SMILES string of the molecule is CCCCN1C(=O)O/C(=C\c2cccc(C)c2)C1Cc1cccc(C)c1. The minimum absolute atomic E-state index is 0.0450. The first-order valence-corrected chi connectivity index (χ1v) is 9.39. The summed E-state index contributed by atoms with van der Waals surface area (Å²) in [4.78, 5) is 14.4. The molecule has 3 rings (SSSR count). The van der Waals surface area contributed by atoms with Gasteiger partial charge in [0.15, 0.2) is 0 Å². The number of cyclic esters (lactones) is 1. The molecule has 1 aliphatic heterocycles. The van der Waals surface area contributed by atoms with Crippen LogP contribution >= 0.6 is 0 Å². The standard InChI is InChI=1S/C23H27NO2/c1-4-5-12-24-21(15-19-10-6-8-17(2)13-19)22(26-23(24)25)16-20-11-7-9-18(3)14-20/h6-11,13-14,16,21H,4-5,12,15H2,1-3H3/b22-16-. The molecule has 1 atom stereocenters. The van der Waals surface area contributed by atoms with Gasteiger partial charge in [0.2, 0.25) is 0 Å². The smallest absolute Gasteiger partial charge is 0.412 e. The lowest BCUT2D eigenvalue weighted by Gasteiger charge is -2.21. The summed E-state index contributed by atoms with van der Waals surface area (Å²) in [5.41, 5.74) is 4.73. The molecule has 0 spiro atoms. The predicted octanol–water partition coefficient (Wildman–Crippen LogP) is 5.51. The van der Waals surface area contributed by atoms with Crippen molar-refractivity contribution in [1.29, 1.82) is 0 Å². The van der Waals surface area contributed by atoms with Gasteiger partial charge >= 0.3 is 6.09 Å². The maximum atomic E-state index is 12.5. The first-order valence-electron chi connectivity index (χ1n) is 9.39. The van der Waals surface area contributed by atoms with Gasteiger partial charge in [-0.15, -0.1) is 0 Å². The van der Waals surface area contributed by atoms with Crippen LogP contribution in [-0.4, -0.2) is 23.6 Å². The normalized spacial score (nSPS) is 18.4. The van der Waals surface area contributed by atoms with Crippen LogP contribution in [0.25, 0.3) is 6.08 Å². The van der Waals surface area contributed by atoms with Crippen LogP contribution in [0.5, 0.6) is 0 Å². The molecule has 0 radical (unpaired) electrons. The molecule has 1 unspecified atom stereocenters. The number of hydrogen-bond donors (Lipinski definition) is 0. The number of amides is 1. The molecule has 1 heterocycles. The number of carbonyl (C=O) groups excluding carboxylic acids is 1. The van der Waals surface area contributed by atoms with Crippen molar-refractivity contribution in [3.8, 4) is 0 Å². The van der Waals surface area contributed by atoms with E-state index < -0.39 is 0 Å². The molecule has 0 saturated carbocycles. The summed E-state index contributed by atoms with van der Waals surface area (Å²) in [6.45, 7) is 7.04. The second kappa shape index (κ2) is 8.22. The zero-order chi connectivity index (χ0) is 18.5. The van der Waals surface area contributed by atoms with E-state index in [0.29, 0.717) is 0 Å². The van der Waals surface area contributed by atoms with Crippen LogP contribution in [0.3, 0.4) is 0 Å². The van der Waals surface area contributed by atoms with Crippen LogP contribution in [0.2, 0.25) is 0 Å². The summed E-state index contributed by atoms with van der Waals surface area (Å²) in [7, 11) is 0. The lowest BCUT2D eigenvalue weighted by molar-refractivity contribution is 0.164. The maximum Gasteiger partial charge on any atom is 0.415 e. The van der Waals surface area contributed by atoms with E-state index in [2.05, 4.69) is 57.2 Å². The Labute approximate surface area is 156 Å². The van der Waals surface area contributed by atoms with Crippen molar-refractivity contribution in [3.63, 3.8) is 0 Å². The van der Waals surface area contributed by atoms with E-state index >= 15 is 0 Å². The quantitative estimate of drug-likeness (QED) is 0.688. The molecule has 136 valence electrons. The lowest BCUT2D eigenvalue weighted by atomic mass is 10.0. The summed E-state index contributed by atoms with van der Waals surface area (Å²) < 4.78 is 5.68. The van der Waals surface area contributed by atoms with Crippen LogP contribution in [0.1, 0.15) is 42.0 Å².